The summed E-state index contributed by atoms with van der Waals surface area (Å²) in [7, 11) is 0. The summed E-state index contributed by atoms with van der Waals surface area (Å²) in [5, 5.41) is 9.14. The van der Waals surface area contributed by atoms with Gasteiger partial charge >= 0.3 is 11.9 Å². The van der Waals surface area contributed by atoms with E-state index in [0.29, 0.717) is 35.8 Å². The van der Waals surface area contributed by atoms with Gasteiger partial charge in [0.2, 0.25) is 0 Å². The average molecular weight is 525 g/mol. The van der Waals surface area contributed by atoms with Crippen LogP contribution in [0.1, 0.15) is 140 Å². The van der Waals surface area contributed by atoms with Crippen molar-refractivity contribution in [3.8, 4) is 5.75 Å². The van der Waals surface area contributed by atoms with E-state index in [1.165, 1.54) is 89.0 Å². The van der Waals surface area contributed by atoms with Crippen molar-refractivity contribution in [2.24, 2.45) is 17.8 Å². The third-order valence-corrected chi connectivity index (χ3v) is 8.79. The van der Waals surface area contributed by atoms with Gasteiger partial charge < -0.3 is 9.84 Å². The predicted octanol–water partition coefficient (Wildman–Crippen LogP) is 9.62. The Hall–Kier alpha value is -2.10. The van der Waals surface area contributed by atoms with Crippen LogP contribution in [0, 0.1) is 17.8 Å². The normalized spacial score (nSPS) is 21.7. The Balaban J connectivity index is 1.21. The zero-order chi connectivity index (χ0) is 27.0. The Kier molecular flexibility index (Phi) is 14.0. The zero-order valence-corrected chi connectivity index (χ0v) is 23.9. The van der Waals surface area contributed by atoms with E-state index in [2.05, 4.69) is 31.2 Å². The van der Waals surface area contributed by atoms with Gasteiger partial charge in [-0.05, 0) is 60.6 Å². The molecule has 38 heavy (non-hydrogen) atoms. The van der Waals surface area contributed by atoms with Gasteiger partial charge in [-0.25, -0.2) is 0 Å². The molecule has 0 saturated heterocycles. The van der Waals surface area contributed by atoms with Gasteiger partial charge in [-0.3, -0.25) is 9.59 Å². The fourth-order valence-corrected chi connectivity index (χ4v) is 6.68. The van der Waals surface area contributed by atoms with Gasteiger partial charge in [0.05, 0.1) is 0 Å². The van der Waals surface area contributed by atoms with Crippen LogP contribution in [0.3, 0.4) is 0 Å². The maximum Gasteiger partial charge on any atom is 0.311 e. The Bertz CT molecular complexity index is 843. The first kappa shape index (κ1) is 30.4. The third kappa shape index (κ3) is 10.6. The number of hydrogen-bond acceptors (Lipinski definition) is 3. The van der Waals surface area contributed by atoms with E-state index in [9.17, 15) is 9.59 Å². The Morgan fingerprint density at radius 1 is 0.737 bits per heavy atom. The molecule has 0 radical (unpaired) electrons. The summed E-state index contributed by atoms with van der Waals surface area (Å²) in [6.07, 6.45) is 26.9. The van der Waals surface area contributed by atoms with E-state index in [4.69, 9.17) is 9.84 Å². The van der Waals surface area contributed by atoms with Crippen LogP contribution in [0.15, 0.2) is 36.4 Å². The van der Waals surface area contributed by atoms with Gasteiger partial charge in [-0.1, -0.05) is 121 Å². The molecule has 1 aromatic carbocycles. The lowest BCUT2D eigenvalue weighted by Crippen LogP contribution is -2.19. The summed E-state index contributed by atoms with van der Waals surface area (Å²) in [6, 6.07) is 7.96. The van der Waals surface area contributed by atoms with Gasteiger partial charge in [-0.15, -0.1) is 0 Å². The number of carbonyl (C=O) groups excluding carboxylic acids is 1. The monoisotopic (exact) mass is 524 g/mol. The number of rotatable bonds is 21. The second kappa shape index (κ2) is 17.5. The van der Waals surface area contributed by atoms with E-state index in [0.717, 1.165) is 25.7 Å². The minimum atomic E-state index is -0.716. The van der Waals surface area contributed by atoms with Crippen LogP contribution in [0.2, 0.25) is 0 Å². The van der Waals surface area contributed by atoms with E-state index < -0.39 is 5.97 Å². The highest BCUT2D eigenvalue weighted by Crippen LogP contribution is 2.54. The molecule has 1 aromatic rings. The van der Waals surface area contributed by atoms with Crippen LogP contribution in [0.25, 0.3) is 0 Å². The predicted molar refractivity (Wildman–Crippen MR) is 155 cm³/mol. The molecule has 0 aromatic heterocycles. The SMILES string of the molecule is CCCCCCCCCCCCCCCCCC(=O)Oc1ccc(C2C3C=CC(C3)C2CCC(=O)O)cc1. The largest absolute Gasteiger partial charge is 0.481 e. The number of hydrogen-bond donors (Lipinski definition) is 1. The van der Waals surface area contributed by atoms with Crippen LogP contribution < -0.4 is 4.74 Å². The Labute approximate surface area is 231 Å². The van der Waals surface area contributed by atoms with Gasteiger partial charge in [0, 0.05) is 12.8 Å². The third-order valence-electron chi connectivity index (χ3n) is 8.79. The molecule has 1 N–H and O–H groups in total. The molecule has 0 amide bonds. The lowest BCUT2D eigenvalue weighted by molar-refractivity contribution is -0.137. The molecule has 0 aliphatic heterocycles. The molecule has 212 valence electrons. The number of ether oxygens (including phenoxy) is 1. The summed E-state index contributed by atoms with van der Waals surface area (Å²) in [6.45, 7) is 2.27. The molecule has 4 heteroatoms. The van der Waals surface area contributed by atoms with E-state index in [-0.39, 0.29) is 12.4 Å². The average Bonchev–Trinajstić information content (AvgIpc) is 3.52. The van der Waals surface area contributed by atoms with Gasteiger partial charge in [0.15, 0.2) is 0 Å². The fraction of sp³-hybridized carbons (Fsp3) is 0.706. The maximum absolute atomic E-state index is 12.3. The van der Waals surface area contributed by atoms with E-state index >= 15 is 0 Å². The van der Waals surface area contributed by atoms with Crippen molar-refractivity contribution in [1.29, 1.82) is 0 Å². The van der Waals surface area contributed by atoms with Crippen LogP contribution >= 0.6 is 0 Å². The van der Waals surface area contributed by atoms with Crippen molar-refractivity contribution in [3.05, 3.63) is 42.0 Å². The number of unbranched alkanes of at least 4 members (excludes halogenated alkanes) is 14. The minimum absolute atomic E-state index is 0.144. The molecule has 0 heterocycles. The smallest absolute Gasteiger partial charge is 0.311 e. The van der Waals surface area contributed by atoms with Crippen LogP contribution in [-0.2, 0) is 9.59 Å². The van der Waals surface area contributed by atoms with E-state index in [1.54, 1.807) is 0 Å². The van der Waals surface area contributed by atoms with Crippen molar-refractivity contribution in [2.45, 2.75) is 135 Å². The number of esters is 1. The molecule has 3 rings (SSSR count). The quantitative estimate of drug-likeness (QED) is 0.0752. The van der Waals surface area contributed by atoms with Crippen molar-refractivity contribution in [2.75, 3.05) is 0 Å². The van der Waals surface area contributed by atoms with Crippen LogP contribution in [-0.4, -0.2) is 17.0 Å². The number of benzene rings is 1. The molecule has 2 aliphatic rings. The first-order valence-electron chi connectivity index (χ1n) is 15.8. The van der Waals surface area contributed by atoms with Gasteiger partial charge in [0.1, 0.15) is 5.75 Å². The fourth-order valence-electron chi connectivity index (χ4n) is 6.68. The summed E-state index contributed by atoms with van der Waals surface area (Å²) in [5.41, 5.74) is 1.24. The number of carboxylic acid groups (broad SMARTS) is 1. The number of carbonyl (C=O) groups is 2. The molecular formula is C34H52O4. The number of aliphatic carboxylic acids is 1. The van der Waals surface area contributed by atoms with E-state index in [1.807, 2.05) is 12.1 Å². The Morgan fingerprint density at radius 3 is 1.82 bits per heavy atom. The number of allylic oxidation sites excluding steroid dienone is 2. The molecule has 4 nitrogen and oxygen atoms in total. The van der Waals surface area contributed by atoms with Crippen molar-refractivity contribution in [1.82, 2.24) is 0 Å². The molecule has 4 unspecified atom stereocenters. The van der Waals surface area contributed by atoms with Gasteiger partial charge in [0.25, 0.3) is 0 Å². The van der Waals surface area contributed by atoms with Gasteiger partial charge in [-0.2, -0.15) is 0 Å². The van der Waals surface area contributed by atoms with Crippen LogP contribution in [0.5, 0.6) is 5.75 Å². The summed E-state index contributed by atoms with van der Waals surface area (Å²) < 4.78 is 5.59. The first-order chi connectivity index (χ1) is 18.6. The standard InChI is InChI=1S/C34H52O4/c1-2-3-4-5-6-7-8-9-10-11-12-13-14-15-16-17-33(37)38-30-22-20-27(21-23-30)34-29-19-18-28(26-29)31(34)24-25-32(35)36/h18-23,28-29,31,34H,2-17,24-26H2,1H3,(H,35,36). The molecule has 1 saturated carbocycles. The second-order valence-electron chi connectivity index (χ2n) is 11.8. The molecule has 4 atom stereocenters. The lowest BCUT2D eigenvalue weighted by Gasteiger charge is -2.28. The minimum Gasteiger partial charge on any atom is -0.481 e. The van der Waals surface area contributed by atoms with Crippen molar-refractivity contribution < 1.29 is 19.4 Å². The molecular weight excluding hydrogens is 472 g/mol. The number of carboxylic acids is 1. The van der Waals surface area contributed by atoms with Crippen LogP contribution in [0.4, 0.5) is 0 Å². The number of fused-ring (bicyclic) bond motifs is 2. The first-order valence-corrected chi connectivity index (χ1v) is 15.8. The second-order valence-corrected chi connectivity index (χ2v) is 11.8. The summed E-state index contributed by atoms with van der Waals surface area (Å²) in [5.74, 6) is 1.50. The molecule has 2 aliphatic carbocycles. The molecule has 0 spiro atoms. The maximum atomic E-state index is 12.3. The van der Waals surface area contributed by atoms with Crippen molar-refractivity contribution in [3.63, 3.8) is 0 Å². The summed E-state index contributed by atoms with van der Waals surface area (Å²) >= 11 is 0. The summed E-state index contributed by atoms with van der Waals surface area (Å²) in [4.78, 5) is 23.4. The Morgan fingerprint density at radius 2 is 1.26 bits per heavy atom. The highest BCUT2D eigenvalue weighted by molar-refractivity contribution is 5.72. The molecule has 2 bridgehead atoms. The van der Waals surface area contributed by atoms with Crippen molar-refractivity contribution >= 4 is 11.9 Å². The zero-order valence-electron chi connectivity index (χ0n) is 23.9. The molecule has 1 fully saturated rings. The highest BCUT2D eigenvalue weighted by atomic mass is 16.5. The lowest BCUT2D eigenvalue weighted by atomic mass is 9.76. The highest BCUT2D eigenvalue weighted by Gasteiger charge is 2.44. The topological polar surface area (TPSA) is 63.6 Å².